The number of hydrogen-bond acceptors (Lipinski definition) is 5. The summed E-state index contributed by atoms with van der Waals surface area (Å²) in [6.45, 7) is 5.62. The van der Waals surface area contributed by atoms with Gasteiger partial charge >= 0.3 is 0 Å². The molecule has 0 saturated carbocycles. The Kier molecular flexibility index (Phi) is 5.94. The largest absolute Gasteiger partial charge is 0.493 e. The molecule has 7 heteroatoms. The molecule has 0 aromatic heterocycles. The number of aryl methyl sites for hydroxylation is 1. The van der Waals surface area contributed by atoms with Gasteiger partial charge in [0, 0.05) is 17.3 Å². The summed E-state index contributed by atoms with van der Waals surface area (Å²) in [4.78, 5) is 27.2. The van der Waals surface area contributed by atoms with Crippen molar-refractivity contribution in [3.63, 3.8) is 0 Å². The van der Waals surface area contributed by atoms with E-state index in [0.29, 0.717) is 27.8 Å². The molecule has 2 amide bonds. The van der Waals surface area contributed by atoms with Gasteiger partial charge in [0.1, 0.15) is 5.70 Å². The molecule has 29 heavy (non-hydrogen) atoms. The summed E-state index contributed by atoms with van der Waals surface area (Å²) < 4.78 is 10.6. The first-order valence-electron chi connectivity index (χ1n) is 8.88. The first kappa shape index (κ1) is 20.5. The van der Waals surface area contributed by atoms with Gasteiger partial charge in [0.2, 0.25) is 0 Å². The van der Waals surface area contributed by atoms with Crippen LogP contribution in [0.2, 0.25) is 5.02 Å². The van der Waals surface area contributed by atoms with Crippen LogP contribution in [0, 0.1) is 6.92 Å². The van der Waals surface area contributed by atoms with Crippen molar-refractivity contribution in [3.05, 3.63) is 70.9 Å². The van der Waals surface area contributed by atoms with E-state index in [2.05, 4.69) is 11.9 Å². The van der Waals surface area contributed by atoms with Gasteiger partial charge < -0.3 is 14.8 Å². The highest BCUT2D eigenvalue weighted by Crippen LogP contribution is 2.36. The lowest BCUT2D eigenvalue weighted by atomic mass is 10.0. The number of methoxy groups -OCH3 is 2. The zero-order valence-corrected chi connectivity index (χ0v) is 17.2. The van der Waals surface area contributed by atoms with Gasteiger partial charge in [0.05, 0.1) is 19.8 Å². The monoisotopic (exact) mass is 412 g/mol. The highest BCUT2D eigenvalue weighted by atomic mass is 35.5. The van der Waals surface area contributed by atoms with Crippen LogP contribution in [0.15, 0.2) is 54.8 Å². The predicted molar refractivity (Wildman–Crippen MR) is 113 cm³/mol. The second-order valence-corrected chi connectivity index (χ2v) is 6.83. The number of anilines is 1. The van der Waals surface area contributed by atoms with E-state index in [1.807, 2.05) is 13.0 Å². The van der Waals surface area contributed by atoms with Crippen molar-refractivity contribution >= 4 is 34.7 Å². The maximum atomic E-state index is 13.0. The van der Waals surface area contributed by atoms with Gasteiger partial charge in [-0.15, -0.1) is 6.58 Å². The minimum Gasteiger partial charge on any atom is -0.493 e. The lowest BCUT2D eigenvalue weighted by Gasteiger charge is -2.13. The maximum Gasteiger partial charge on any atom is 0.278 e. The number of ether oxygens (including phenoxy) is 2. The zero-order chi connectivity index (χ0) is 21.1. The maximum absolute atomic E-state index is 13.0. The Morgan fingerprint density at radius 2 is 1.79 bits per heavy atom. The first-order chi connectivity index (χ1) is 13.9. The summed E-state index contributed by atoms with van der Waals surface area (Å²) in [6.07, 6.45) is 1.51. The number of carbonyl (C=O) groups is 2. The topological polar surface area (TPSA) is 67.9 Å². The van der Waals surface area contributed by atoms with Crippen molar-refractivity contribution in [1.29, 1.82) is 0 Å². The molecule has 6 nitrogen and oxygen atoms in total. The van der Waals surface area contributed by atoms with E-state index in [-0.39, 0.29) is 17.8 Å². The van der Waals surface area contributed by atoms with Gasteiger partial charge in [0.15, 0.2) is 11.5 Å². The molecule has 2 aromatic rings. The van der Waals surface area contributed by atoms with Gasteiger partial charge in [-0.3, -0.25) is 14.5 Å². The lowest BCUT2D eigenvalue weighted by Crippen LogP contribution is -2.32. The first-order valence-corrected chi connectivity index (χ1v) is 9.26. The molecule has 0 radical (unpaired) electrons. The van der Waals surface area contributed by atoms with Gasteiger partial charge in [-0.1, -0.05) is 29.8 Å². The van der Waals surface area contributed by atoms with Crippen LogP contribution in [0.25, 0.3) is 5.57 Å². The molecule has 0 unspecified atom stereocenters. The van der Waals surface area contributed by atoms with E-state index in [1.165, 1.54) is 20.3 Å². The van der Waals surface area contributed by atoms with Crippen molar-refractivity contribution in [2.75, 3.05) is 26.1 Å². The third kappa shape index (κ3) is 3.84. The minimum absolute atomic E-state index is 0.105. The zero-order valence-electron chi connectivity index (χ0n) is 16.4. The van der Waals surface area contributed by atoms with E-state index < -0.39 is 11.8 Å². The second-order valence-electron chi connectivity index (χ2n) is 6.42. The molecular formula is C22H21ClN2O4. The molecular weight excluding hydrogens is 392 g/mol. The summed E-state index contributed by atoms with van der Waals surface area (Å²) in [5, 5.41) is 3.63. The smallest absolute Gasteiger partial charge is 0.278 e. The molecule has 0 atom stereocenters. The molecule has 150 valence electrons. The standard InChI is InChI=1S/C22H21ClN2O4/c1-5-10-25-21(26)19(14-7-9-17(28-3)18(11-14)29-4)20(22(25)27)24-15-8-6-13(2)16(23)12-15/h5-9,11-12,24H,1,10H2,2-4H3. The van der Waals surface area contributed by atoms with Gasteiger partial charge in [-0.05, 0) is 42.3 Å². The molecule has 1 aliphatic heterocycles. The van der Waals surface area contributed by atoms with E-state index in [9.17, 15) is 9.59 Å². The Morgan fingerprint density at radius 1 is 1.07 bits per heavy atom. The summed E-state index contributed by atoms with van der Waals surface area (Å²) in [7, 11) is 3.04. The minimum atomic E-state index is -0.434. The summed E-state index contributed by atoms with van der Waals surface area (Å²) >= 11 is 6.21. The molecule has 2 aromatic carbocycles. The van der Waals surface area contributed by atoms with Crippen molar-refractivity contribution in [3.8, 4) is 11.5 Å². The molecule has 0 bridgehead atoms. The van der Waals surface area contributed by atoms with E-state index >= 15 is 0 Å². The van der Waals surface area contributed by atoms with Crippen molar-refractivity contribution in [2.45, 2.75) is 6.92 Å². The number of nitrogens with one attached hydrogen (secondary N) is 1. The fourth-order valence-corrected chi connectivity index (χ4v) is 3.24. The summed E-state index contributed by atoms with van der Waals surface area (Å²) in [5.41, 5.74) is 2.47. The molecule has 0 saturated heterocycles. The van der Waals surface area contributed by atoms with Crippen LogP contribution < -0.4 is 14.8 Å². The van der Waals surface area contributed by atoms with Gasteiger partial charge in [0.25, 0.3) is 11.8 Å². The predicted octanol–water partition coefficient (Wildman–Crippen LogP) is 4.04. The third-order valence-corrected chi connectivity index (χ3v) is 5.00. The van der Waals surface area contributed by atoms with Crippen LogP contribution in [-0.2, 0) is 9.59 Å². The molecule has 1 heterocycles. The molecule has 0 aliphatic carbocycles. The fourth-order valence-electron chi connectivity index (χ4n) is 3.06. The highest BCUT2D eigenvalue weighted by molar-refractivity contribution is 6.36. The molecule has 0 fully saturated rings. The quantitative estimate of drug-likeness (QED) is 0.549. The number of benzene rings is 2. The van der Waals surface area contributed by atoms with Crippen LogP contribution in [0.4, 0.5) is 5.69 Å². The molecule has 1 aliphatic rings. The fraction of sp³-hybridized carbons (Fsp3) is 0.182. The lowest BCUT2D eigenvalue weighted by molar-refractivity contribution is -0.136. The number of imide groups is 1. The highest BCUT2D eigenvalue weighted by Gasteiger charge is 2.38. The average Bonchev–Trinajstić information content (AvgIpc) is 2.94. The summed E-state index contributed by atoms with van der Waals surface area (Å²) in [6, 6.07) is 10.4. The molecule has 1 N–H and O–H groups in total. The van der Waals surface area contributed by atoms with Crippen LogP contribution >= 0.6 is 11.6 Å². The van der Waals surface area contributed by atoms with Crippen LogP contribution in [0.5, 0.6) is 11.5 Å². The van der Waals surface area contributed by atoms with E-state index in [4.69, 9.17) is 21.1 Å². The van der Waals surface area contributed by atoms with Crippen LogP contribution in [0.1, 0.15) is 11.1 Å². The Bertz CT molecular complexity index is 1030. The number of rotatable bonds is 7. The van der Waals surface area contributed by atoms with Crippen LogP contribution in [-0.4, -0.2) is 37.5 Å². The number of hydrogen-bond donors (Lipinski definition) is 1. The molecule has 0 spiro atoms. The SMILES string of the molecule is C=CCN1C(=O)C(Nc2ccc(C)c(Cl)c2)=C(c2ccc(OC)c(OC)c2)C1=O. The summed E-state index contributed by atoms with van der Waals surface area (Å²) in [5.74, 6) is 0.133. The number of halogens is 1. The number of amides is 2. The molecule has 3 rings (SSSR count). The van der Waals surface area contributed by atoms with E-state index in [0.717, 1.165) is 10.5 Å². The van der Waals surface area contributed by atoms with Gasteiger partial charge in [-0.2, -0.15) is 0 Å². The Balaban J connectivity index is 2.12. The van der Waals surface area contributed by atoms with Crippen molar-refractivity contribution < 1.29 is 19.1 Å². The third-order valence-electron chi connectivity index (χ3n) is 4.59. The van der Waals surface area contributed by atoms with Crippen molar-refractivity contribution in [2.24, 2.45) is 0 Å². The average molecular weight is 413 g/mol. The second kappa shape index (κ2) is 8.41. The van der Waals surface area contributed by atoms with Crippen LogP contribution in [0.3, 0.4) is 0 Å². The Morgan fingerprint density at radius 3 is 2.41 bits per heavy atom. The number of carbonyl (C=O) groups excluding carboxylic acids is 2. The van der Waals surface area contributed by atoms with E-state index in [1.54, 1.807) is 30.3 Å². The Labute approximate surface area is 174 Å². The Hall–Kier alpha value is -3.25. The normalized spacial score (nSPS) is 13.7. The van der Waals surface area contributed by atoms with Crippen molar-refractivity contribution in [1.82, 2.24) is 4.90 Å². The van der Waals surface area contributed by atoms with Gasteiger partial charge in [-0.25, -0.2) is 0 Å². The number of nitrogens with zero attached hydrogens (tertiary/aromatic N) is 1.